The first-order chi connectivity index (χ1) is 14.2. The van der Waals surface area contributed by atoms with Gasteiger partial charge in [-0.15, -0.1) is 0 Å². The van der Waals surface area contributed by atoms with Gasteiger partial charge in [0.05, 0.1) is 16.4 Å². The molecule has 3 rings (SSSR count). The third kappa shape index (κ3) is 5.62. The van der Waals surface area contributed by atoms with Gasteiger partial charge in [-0.3, -0.25) is 19.8 Å². The normalized spacial score (nSPS) is 15.6. The van der Waals surface area contributed by atoms with Gasteiger partial charge in [-0.2, -0.15) is 0 Å². The van der Waals surface area contributed by atoms with Gasteiger partial charge < -0.3 is 5.32 Å². The van der Waals surface area contributed by atoms with E-state index >= 15 is 0 Å². The maximum absolute atomic E-state index is 12.4. The second kappa shape index (κ2) is 9.33. The Morgan fingerprint density at radius 3 is 2.43 bits per heavy atom. The molecule has 0 saturated carbocycles. The van der Waals surface area contributed by atoms with E-state index in [0.29, 0.717) is 37.2 Å². The van der Waals surface area contributed by atoms with Crippen molar-refractivity contribution in [2.75, 3.05) is 25.0 Å². The molecule has 2 aromatic carbocycles. The summed E-state index contributed by atoms with van der Waals surface area (Å²) in [5.41, 5.74) is 1.13. The highest BCUT2D eigenvalue weighted by atomic mass is 32.2. The van der Waals surface area contributed by atoms with Gasteiger partial charge in [0, 0.05) is 37.0 Å². The number of nitro benzene ring substituents is 1. The number of non-ortho nitro benzene ring substituents is 1. The van der Waals surface area contributed by atoms with E-state index in [0.717, 1.165) is 0 Å². The molecule has 0 atom stereocenters. The number of sulfonamides is 1. The fourth-order valence-corrected chi connectivity index (χ4v) is 4.72. The minimum atomic E-state index is -3.55. The van der Waals surface area contributed by atoms with Crippen molar-refractivity contribution >= 4 is 27.3 Å². The molecule has 1 amide bonds. The smallest absolute Gasteiger partial charge is 0.269 e. The van der Waals surface area contributed by atoms with Crippen molar-refractivity contribution in [1.82, 2.24) is 9.62 Å². The molecule has 0 unspecified atom stereocenters. The number of nitro groups is 1. The average Bonchev–Trinajstić information content (AvgIpc) is 2.71. The highest BCUT2D eigenvalue weighted by molar-refractivity contribution is 7.89. The van der Waals surface area contributed by atoms with Crippen molar-refractivity contribution in [3.8, 4) is 0 Å². The average molecular weight is 433 g/mol. The number of nitrogens with one attached hydrogen (secondary N) is 2. The Labute approximate surface area is 175 Å². The molecule has 1 aliphatic heterocycles. The van der Waals surface area contributed by atoms with Crippen molar-refractivity contribution in [3.63, 3.8) is 0 Å². The van der Waals surface area contributed by atoms with E-state index in [-0.39, 0.29) is 29.1 Å². The second-order valence-electron chi connectivity index (χ2n) is 7.29. The van der Waals surface area contributed by atoms with Gasteiger partial charge in [-0.05, 0) is 43.5 Å². The minimum Gasteiger partial charge on any atom is -0.325 e. The van der Waals surface area contributed by atoms with Crippen molar-refractivity contribution in [2.24, 2.45) is 0 Å². The molecule has 2 aromatic rings. The molecule has 1 aliphatic rings. The van der Waals surface area contributed by atoms with Crippen LogP contribution in [0.4, 0.5) is 11.4 Å². The summed E-state index contributed by atoms with van der Waals surface area (Å²) in [6.45, 7) is 3.06. The first-order valence-electron chi connectivity index (χ1n) is 9.59. The summed E-state index contributed by atoms with van der Waals surface area (Å²) in [5, 5.41) is 13.6. The fourth-order valence-electron chi connectivity index (χ4n) is 3.39. The molecule has 9 nitrogen and oxygen atoms in total. The number of nitrogens with zero attached hydrogens (tertiary/aromatic N) is 2. The Hall–Kier alpha value is -2.82. The number of carbonyl (C=O) groups is 1. The lowest BCUT2D eigenvalue weighted by molar-refractivity contribution is -0.384. The summed E-state index contributed by atoms with van der Waals surface area (Å²) in [6.07, 6.45) is 1.21. The summed E-state index contributed by atoms with van der Waals surface area (Å²) < 4.78 is 27.6. The second-order valence-corrected chi connectivity index (χ2v) is 9.00. The summed E-state index contributed by atoms with van der Waals surface area (Å²) in [6, 6.07) is 12.4. The molecule has 30 heavy (non-hydrogen) atoms. The number of aryl methyl sites for hydroxylation is 1. The van der Waals surface area contributed by atoms with Crippen LogP contribution < -0.4 is 10.0 Å². The summed E-state index contributed by atoms with van der Waals surface area (Å²) in [5.74, 6) is -0.213. The van der Waals surface area contributed by atoms with Crippen molar-refractivity contribution in [3.05, 3.63) is 64.2 Å². The number of piperidine rings is 1. The number of anilines is 1. The topological polar surface area (TPSA) is 122 Å². The molecule has 0 spiro atoms. The van der Waals surface area contributed by atoms with Gasteiger partial charge in [0.15, 0.2) is 0 Å². The molecule has 0 bridgehead atoms. The SMILES string of the molecule is Cc1cc([N+](=O)[O-])ccc1NC(=O)CN1CCC(NS(=O)(=O)c2ccccc2)CC1. The summed E-state index contributed by atoms with van der Waals surface area (Å²) in [4.78, 5) is 24.9. The summed E-state index contributed by atoms with van der Waals surface area (Å²) >= 11 is 0. The highest BCUT2D eigenvalue weighted by Crippen LogP contribution is 2.21. The van der Waals surface area contributed by atoms with Crippen molar-refractivity contribution in [1.29, 1.82) is 0 Å². The third-order valence-electron chi connectivity index (χ3n) is 5.03. The van der Waals surface area contributed by atoms with E-state index in [2.05, 4.69) is 10.0 Å². The van der Waals surface area contributed by atoms with E-state index in [1.165, 1.54) is 18.2 Å². The minimum absolute atomic E-state index is 0.0227. The molecule has 10 heteroatoms. The number of carbonyl (C=O) groups excluding carboxylic acids is 1. The van der Waals surface area contributed by atoms with Crippen LogP contribution in [0.2, 0.25) is 0 Å². The molecule has 0 aromatic heterocycles. The maximum Gasteiger partial charge on any atom is 0.269 e. The van der Waals surface area contributed by atoms with Gasteiger partial charge >= 0.3 is 0 Å². The zero-order valence-electron chi connectivity index (χ0n) is 16.6. The molecule has 160 valence electrons. The van der Waals surface area contributed by atoms with Crippen LogP contribution in [0, 0.1) is 17.0 Å². The van der Waals surface area contributed by atoms with Gasteiger partial charge in [0.2, 0.25) is 15.9 Å². The maximum atomic E-state index is 12.4. The fraction of sp³-hybridized carbons (Fsp3) is 0.350. The van der Waals surface area contributed by atoms with Crippen molar-refractivity contribution in [2.45, 2.75) is 30.7 Å². The number of likely N-dealkylation sites (tertiary alicyclic amines) is 1. The molecule has 1 fully saturated rings. The predicted molar refractivity (Wildman–Crippen MR) is 113 cm³/mol. The first-order valence-corrected chi connectivity index (χ1v) is 11.1. The zero-order chi connectivity index (χ0) is 21.7. The largest absolute Gasteiger partial charge is 0.325 e. The Kier molecular flexibility index (Phi) is 6.80. The summed E-state index contributed by atoms with van der Waals surface area (Å²) in [7, 11) is -3.55. The molecular formula is C20H24N4O5S. The first kappa shape index (κ1) is 21.9. The lowest BCUT2D eigenvalue weighted by Gasteiger charge is -2.31. The number of hydrogen-bond donors (Lipinski definition) is 2. The molecule has 2 N–H and O–H groups in total. The quantitative estimate of drug-likeness (QED) is 0.511. The van der Waals surface area contributed by atoms with E-state index < -0.39 is 14.9 Å². The van der Waals surface area contributed by atoms with E-state index in [1.807, 2.05) is 4.90 Å². The predicted octanol–water partition coefficient (Wildman–Crippen LogP) is 2.28. The monoisotopic (exact) mass is 432 g/mol. The lowest BCUT2D eigenvalue weighted by atomic mass is 10.1. The van der Waals surface area contributed by atoms with Crippen LogP contribution in [0.15, 0.2) is 53.4 Å². The molecule has 0 aliphatic carbocycles. The van der Waals surface area contributed by atoms with Crippen LogP contribution in [-0.4, -0.2) is 49.8 Å². The van der Waals surface area contributed by atoms with Crippen LogP contribution in [-0.2, 0) is 14.8 Å². The molecule has 1 heterocycles. The third-order valence-corrected chi connectivity index (χ3v) is 6.56. The Balaban J connectivity index is 1.49. The van der Waals surface area contributed by atoms with Crippen LogP contribution in [0.25, 0.3) is 0 Å². The van der Waals surface area contributed by atoms with Gasteiger partial charge in [0.1, 0.15) is 0 Å². The molecule has 1 saturated heterocycles. The number of amides is 1. The molecular weight excluding hydrogens is 408 g/mol. The van der Waals surface area contributed by atoms with Crippen LogP contribution in [0.1, 0.15) is 18.4 Å². The van der Waals surface area contributed by atoms with E-state index in [4.69, 9.17) is 0 Å². The Morgan fingerprint density at radius 1 is 1.17 bits per heavy atom. The Bertz CT molecular complexity index is 1020. The number of hydrogen-bond acceptors (Lipinski definition) is 6. The zero-order valence-corrected chi connectivity index (χ0v) is 17.4. The lowest BCUT2D eigenvalue weighted by Crippen LogP contribution is -2.46. The van der Waals surface area contributed by atoms with Crippen LogP contribution >= 0.6 is 0 Å². The highest BCUT2D eigenvalue weighted by Gasteiger charge is 2.25. The Morgan fingerprint density at radius 2 is 1.83 bits per heavy atom. The van der Waals surface area contributed by atoms with Gasteiger partial charge in [0.25, 0.3) is 5.69 Å². The van der Waals surface area contributed by atoms with Crippen LogP contribution in [0.3, 0.4) is 0 Å². The number of rotatable bonds is 7. The van der Waals surface area contributed by atoms with Gasteiger partial charge in [-0.1, -0.05) is 18.2 Å². The van der Waals surface area contributed by atoms with Crippen LogP contribution in [0.5, 0.6) is 0 Å². The standard InChI is InChI=1S/C20H24N4O5S/c1-15-13-17(24(26)27)7-8-19(15)21-20(25)14-23-11-9-16(10-12-23)22-30(28,29)18-5-3-2-4-6-18/h2-8,13,16,22H,9-12,14H2,1H3,(H,21,25). The number of benzene rings is 2. The van der Waals surface area contributed by atoms with Crippen molar-refractivity contribution < 1.29 is 18.1 Å². The van der Waals surface area contributed by atoms with Gasteiger partial charge in [-0.25, -0.2) is 13.1 Å². The molecule has 0 radical (unpaired) electrons. The van der Waals surface area contributed by atoms with E-state index in [9.17, 15) is 23.3 Å². The van der Waals surface area contributed by atoms with E-state index in [1.54, 1.807) is 37.3 Å².